The highest BCUT2D eigenvalue weighted by Crippen LogP contribution is 2.28. The molecule has 1 aromatic heterocycles. The Kier molecular flexibility index (Phi) is 6.15. The molecule has 0 radical (unpaired) electrons. The lowest BCUT2D eigenvalue weighted by Gasteiger charge is -2.32. The minimum atomic E-state index is 0.0780. The molecule has 144 valence electrons. The van der Waals surface area contributed by atoms with Gasteiger partial charge in [0.15, 0.2) is 0 Å². The molecule has 1 N–H and O–H groups in total. The van der Waals surface area contributed by atoms with Gasteiger partial charge in [-0.25, -0.2) is 0 Å². The van der Waals surface area contributed by atoms with E-state index in [1.807, 2.05) is 24.3 Å². The van der Waals surface area contributed by atoms with Crippen molar-refractivity contribution in [3.05, 3.63) is 89.6 Å². The van der Waals surface area contributed by atoms with Crippen molar-refractivity contribution in [3.8, 4) is 11.3 Å². The summed E-state index contributed by atoms with van der Waals surface area (Å²) in [5, 5.41) is 9.23. The number of rotatable bonds is 6. The van der Waals surface area contributed by atoms with Gasteiger partial charge in [0.2, 0.25) is 0 Å². The molecule has 4 rings (SSSR count). The van der Waals surface area contributed by atoms with Gasteiger partial charge in [0.25, 0.3) is 0 Å². The van der Waals surface area contributed by atoms with Crippen LogP contribution in [0.25, 0.3) is 11.3 Å². The fourth-order valence-corrected chi connectivity index (χ4v) is 4.05. The van der Waals surface area contributed by atoms with Crippen LogP contribution in [0.2, 0.25) is 0 Å². The Labute approximate surface area is 167 Å². The molecule has 28 heavy (non-hydrogen) atoms. The predicted molar refractivity (Wildman–Crippen MR) is 114 cm³/mol. The second kappa shape index (κ2) is 9.13. The van der Waals surface area contributed by atoms with Crippen LogP contribution >= 0.6 is 0 Å². The zero-order chi connectivity index (χ0) is 19.2. The van der Waals surface area contributed by atoms with Crippen LogP contribution in [0.4, 0.5) is 0 Å². The number of benzene rings is 2. The summed E-state index contributed by atoms with van der Waals surface area (Å²) in [6, 6.07) is 25.2. The first-order chi connectivity index (χ1) is 13.8. The van der Waals surface area contributed by atoms with Crippen LogP contribution in [0, 0.1) is 0 Å². The molecular weight excluding hydrogens is 344 g/mol. The van der Waals surface area contributed by atoms with E-state index in [4.69, 9.17) is 4.98 Å². The highest BCUT2D eigenvalue weighted by molar-refractivity contribution is 5.59. The van der Waals surface area contributed by atoms with Crippen molar-refractivity contribution in [2.75, 3.05) is 19.6 Å². The smallest absolute Gasteiger partial charge is 0.0705 e. The average Bonchev–Trinajstić information content (AvgIpc) is 2.79. The third-order valence-corrected chi connectivity index (χ3v) is 5.69. The summed E-state index contributed by atoms with van der Waals surface area (Å²) in [5.41, 5.74) is 5.67. The Morgan fingerprint density at radius 3 is 2.50 bits per heavy atom. The molecule has 2 heterocycles. The first-order valence-corrected chi connectivity index (χ1v) is 10.3. The van der Waals surface area contributed by atoms with E-state index < -0.39 is 0 Å². The van der Waals surface area contributed by atoms with Gasteiger partial charge in [0.1, 0.15) is 0 Å². The number of aliphatic hydroxyl groups excluding tert-OH is 1. The number of hydrogen-bond acceptors (Lipinski definition) is 3. The van der Waals surface area contributed by atoms with Crippen molar-refractivity contribution in [1.82, 2.24) is 9.88 Å². The summed E-state index contributed by atoms with van der Waals surface area (Å²) in [6.07, 6.45) is 3.55. The van der Waals surface area contributed by atoms with Gasteiger partial charge < -0.3 is 10.0 Å². The average molecular weight is 373 g/mol. The number of pyridine rings is 1. The van der Waals surface area contributed by atoms with Gasteiger partial charge in [-0.1, -0.05) is 60.7 Å². The summed E-state index contributed by atoms with van der Waals surface area (Å²) in [7, 11) is 0. The third-order valence-electron chi connectivity index (χ3n) is 5.69. The molecule has 0 amide bonds. The Morgan fingerprint density at radius 1 is 0.893 bits per heavy atom. The first-order valence-electron chi connectivity index (χ1n) is 10.3. The van der Waals surface area contributed by atoms with E-state index in [0.717, 1.165) is 36.3 Å². The zero-order valence-electron chi connectivity index (χ0n) is 16.3. The number of piperidine rings is 1. The van der Waals surface area contributed by atoms with Crippen molar-refractivity contribution in [2.24, 2.45) is 0 Å². The Morgan fingerprint density at radius 2 is 1.71 bits per heavy atom. The highest BCUT2D eigenvalue weighted by Gasteiger charge is 2.22. The second-order valence-electron chi connectivity index (χ2n) is 7.68. The van der Waals surface area contributed by atoms with Crippen molar-refractivity contribution in [2.45, 2.75) is 31.8 Å². The molecule has 3 nitrogen and oxygen atoms in total. The first kappa shape index (κ1) is 18.9. The monoisotopic (exact) mass is 372 g/mol. The Hall–Kier alpha value is -2.49. The minimum absolute atomic E-state index is 0.0780. The number of aromatic nitrogens is 1. The molecule has 0 bridgehead atoms. The largest absolute Gasteiger partial charge is 0.392 e. The highest BCUT2D eigenvalue weighted by atomic mass is 16.3. The molecule has 1 unspecified atom stereocenters. The lowest BCUT2D eigenvalue weighted by Crippen LogP contribution is -2.36. The summed E-state index contributed by atoms with van der Waals surface area (Å²) in [4.78, 5) is 7.57. The van der Waals surface area contributed by atoms with E-state index in [9.17, 15) is 5.11 Å². The van der Waals surface area contributed by atoms with E-state index >= 15 is 0 Å². The SMILES string of the molecule is OCc1ccc(-c2cccc(C3CCCN(CCc4ccccc4)C3)n2)cc1. The zero-order valence-corrected chi connectivity index (χ0v) is 16.3. The number of hydrogen-bond donors (Lipinski definition) is 1. The van der Waals surface area contributed by atoms with Crippen LogP contribution in [-0.2, 0) is 13.0 Å². The summed E-state index contributed by atoms with van der Waals surface area (Å²) >= 11 is 0. The van der Waals surface area contributed by atoms with Crippen LogP contribution in [0.3, 0.4) is 0 Å². The van der Waals surface area contributed by atoms with E-state index in [-0.39, 0.29) is 6.61 Å². The molecule has 0 saturated carbocycles. The van der Waals surface area contributed by atoms with E-state index in [0.29, 0.717) is 5.92 Å². The summed E-state index contributed by atoms with van der Waals surface area (Å²) in [6.45, 7) is 3.47. The summed E-state index contributed by atoms with van der Waals surface area (Å²) in [5.74, 6) is 0.501. The minimum Gasteiger partial charge on any atom is -0.392 e. The molecule has 1 atom stereocenters. The van der Waals surface area contributed by atoms with Crippen LogP contribution in [-0.4, -0.2) is 34.6 Å². The van der Waals surface area contributed by atoms with Gasteiger partial charge in [0.05, 0.1) is 12.3 Å². The number of nitrogens with zero attached hydrogens (tertiary/aromatic N) is 2. The summed E-state index contributed by atoms with van der Waals surface area (Å²) < 4.78 is 0. The van der Waals surface area contributed by atoms with E-state index in [1.165, 1.54) is 30.6 Å². The van der Waals surface area contributed by atoms with Crippen LogP contribution in [0.15, 0.2) is 72.8 Å². The van der Waals surface area contributed by atoms with Crippen LogP contribution in [0.1, 0.15) is 35.6 Å². The Bertz CT molecular complexity index is 877. The normalized spacial score (nSPS) is 17.5. The maximum absolute atomic E-state index is 9.23. The van der Waals surface area contributed by atoms with E-state index in [1.54, 1.807) is 0 Å². The van der Waals surface area contributed by atoms with Crippen LogP contribution in [0.5, 0.6) is 0 Å². The molecule has 2 aromatic carbocycles. The molecule has 1 fully saturated rings. The maximum Gasteiger partial charge on any atom is 0.0705 e. The van der Waals surface area contributed by atoms with Crippen LogP contribution < -0.4 is 0 Å². The van der Waals surface area contributed by atoms with Crippen molar-refractivity contribution in [3.63, 3.8) is 0 Å². The molecule has 1 aliphatic rings. The van der Waals surface area contributed by atoms with Crippen molar-refractivity contribution in [1.29, 1.82) is 0 Å². The van der Waals surface area contributed by atoms with Gasteiger partial charge in [-0.3, -0.25) is 4.98 Å². The van der Waals surface area contributed by atoms with Gasteiger partial charge in [-0.15, -0.1) is 0 Å². The predicted octanol–water partition coefficient (Wildman–Crippen LogP) is 4.66. The molecular formula is C25H28N2O. The molecule has 1 aliphatic heterocycles. The molecule has 0 spiro atoms. The van der Waals surface area contributed by atoms with Gasteiger partial charge in [-0.2, -0.15) is 0 Å². The lowest BCUT2D eigenvalue weighted by atomic mass is 9.93. The number of likely N-dealkylation sites (tertiary alicyclic amines) is 1. The quantitative estimate of drug-likeness (QED) is 0.683. The van der Waals surface area contributed by atoms with Crippen molar-refractivity contribution < 1.29 is 5.11 Å². The van der Waals surface area contributed by atoms with Gasteiger partial charge in [-0.05, 0) is 49.1 Å². The second-order valence-corrected chi connectivity index (χ2v) is 7.68. The lowest BCUT2D eigenvalue weighted by molar-refractivity contribution is 0.208. The third kappa shape index (κ3) is 4.67. The molecule has 3 heteroatoms. The van der Waals surface area contributed by atoms with Crippen molar-refractivity contribution >= 4 is 0 Å². The van der Waals surface area contributed by atoms with E-state index in [2.05, 4.69) is 53.4 Å². The maximum atomic E-state index is 9.23. The standard InChI is InChI=1S/C25H28N2O/c28-19-21-11-13-22(14-12-21)24-9-4-10-25(26-24)23-8-5-16-27(18-23)17-15-20-6-2-1-3-7-20/h1-4,6-7,9-14,23,28H,5,8,15-19H2. The molecule has 0 aliphatic carbocycles. The van der Waals surface area contributed by atoms with Gasteiger partial charge in [0, 0.05) is 30.3 Å². The molecule has 1 saturated heterocycles. The Balaban J connectivity index is 1.43. The fourth-order valence-electron chi connectivity index (χ4n) is 4.05. The van der Waals surface area contributed by atoms with Gasteiger partial charge >= 0.3 is 0 Å². The fraction of sp³-hybridized carbons (Fsp3) is 0.320. The molecule has 3 aromatic rings. The number of aliphatic hydroxyl groups is 1. The topological polar surface area (TPSA) is 36.4 Å².